The van der Waals surface area contributed by atoms with Gasteiger partial charge in [0.05, 0.1) is 3.57 Å². The molecule has 5 aromatic rings. The van der Waals surface area contributed by atoms with Crippen LogP contribution in [-0.4, -0.2) is 26.3 Å². The number of nitrogens with zero attached hydrogens (tertiary/aromatic N) is 4. The van der Waals surface area contributed by atoms with Gasteiger partial charge in [-0.25, -0.2) is 9.97 Å². The van der Waals surface area contributed by atoms with Gasteiger partial charge in [0.2, 0.25) is 5.88 Å². The van der Waals surface area contributed by atoms with Gasteiger partial charge in [0.25, 0.3) is 0 Å². The largest absolute Gasteiger partial charge is 1.00 e. The molecule has 0 saturated heterocycles. The quantitative estimate of drug-likeness (QED) is 0.196. The summed E-state index contributed by atoms with van der Waals surface area (Å²) in [6, 6.07) is 25.9. The van der Waals surface area contributed by atoms with Crippen molar-refractivity contribution in [2.75, 3.05) is 5.32 Å². The van der Waals surface area contributed by atoms with E-state index in [1.165, 1.54) is 6.33 Å². The maximum atomic E-state index is 8.33. The van der Waals surface area contributed by atoms with Crippen molar-refractivity contribution in [2.24, 2.45) is 0 Å². The Morgan fingerprint density at radius 1 is 0.838 bits per heavy atom. The second-order valence-electron chi connectivity index (χ2n) is 6.99. The van der Waals surface area contributed by atoms with Crippen LogP contribution in [0.15, 0.2) is 91.4 Å². The van der Waals surface area contributed by atoms with Crippen LogP contribution in [0.4, 0.5) is 16.3 Å². The second-order valence-corrected chi connectivity index (χ2v) is 8.15. The molecular weight excluding hydrogens is 827 g/mol. The van der Waals surface area contributed by atoms with E-state index in [1.54, 1.807) is 6.20 Å². The van der Waals surface area contributed by atoms with Crippen LogP contribution in [-0.2, 0) is 0 Å². The second kappa shape index (κ2) is 16.8. The molecule has 0 fully saturated rings. The van der Waals surface area contributed by atoms with Gasteiger partial charge >= 0.3 is 138 Å². The minimum Gasteiger partial charge on any atom is -0.652 e. The average Bonchev–Trinajstić information content (AvgIpc) is 2.87. The maximum Gasteiger partial charge on any atom is 1.00 e. The van der Waals surface area contributed by atoms with Crippen molar-refractivity contribution in [1.29, 1.82) is 0 Å². The van der Waals surface area contributed by atoms with Crippen molar-refractivity contribution >= 4 is 51.0 Å². The van der Waals surface area contributed by atoms with Crippen LogP contribution in [0.25, 0.3) is 22.0 Å². The number of benzene rings is 3. The molecule has 0 bridgehead atoms. The fourth-order valence-electron chi connectivity index (χ4n) is 3.24. The molecule has 0 aliphatic heterocycles. The van der Waals surface area contributed by atoms with Crippen molar-refractivity contribution in [1.82, 2.24) is 20.2 Å². The molecule has 12 heteroatoms. The average molecular weight is 843 g/mol. The Morgan fingerprint density at radius 3 is 2.11 bits per heavy atom. The van der Waals surface area contributed by atoms with Crippen LogP contribution in [0, 0.1) is 3.57 Å². The zero-order valence-electron chi connectivity index (χ0n) is 20.0. The summed E-state index contributed by atoms with van der Waals surface area (Å²) in [6.45, 7) is 0. The molecule has 0 aliphatic carbocycles. The molecular formula is C25H16Cs2IN5O4. The molecule has 2 heterocycles. The number of hydrogen-bond donors (Lipinski definition) is 1. The SMILES string of the molecule is Ic1cncnc1Oc1ccc(Nc2nnc(-c3ccccc3)c3ccccc23)cc1.O=C([O-])[O-].[Cs+].[Cs+]. The Kier molecular flexibility index (Phi) is 15.0. The first kappa shape index (κ1) is 33.0. The molecule has 3 aromatic carbocycles. The van der Waals surface area contributed by atoms with Crippen molar-refractivity contribution in [3.05, 3.63) is 95.0 Å². The summed E-state index contributed by atoms with van der Waals surface area (Å²) in [5, 5.41) is 31.1. The van der Waals surface area contributed by atoms with Gasteiger partial charge in [-0.05, 0) is 53.0 Å². The Labute approximate surface area is 344 Å². The zero-order valence-corrected chi connectivity index (χ0v) is 34.7. The van der Waals surface area contributed by atoms with Gasteiger partial charge in [-0.3, -0.25) is 0 Å². The number of nitrogens with one attached hydrogen (secondary N) is 1. The van der Waals surface area contributed by atoms with E-state index in [9.17, 15) is 0 Å². The number of ether oxygens (including phenoxy) is 1. The molecule has 0 aliphatic rings. The molecule has 5 rings (SSSR count). The molecule has 37 heavy (non-hydrogen) atoms. The minimum atomic E-state index is -2.33. The van der Waals surface area contributed by atoms with E-state index in [-0.39, 0.29) is 138 Å². The van der Waals surface area contributed by atoms with Crippen LogP contribution in [0.2, 0.25) is 0 Å². The summed E-state index contributed by atoms with van der Waals surface area (Å²) >= 11 is 2.15. The summed E-state index contributed by atoms with van der Waals surface area (Å²) in [6.07, 6.45) is 0.845. The Morgan fingerprint density at radius 2 is 1.46 bits per heavy atom. The van der Waals surface area contributed by atoms with Crippen LogP contribution >= 0.6 is 22.6 Å². The van der Waals surface area contributed by atoms with E-state index in [0.717, 1.165) is 31.3 Å². The molecule has 0 amide bonds. The number of fused-ring (bicyclic) bond motifs is 1. The molecule has 0 spiro atoms. The van der Waals surface area contributed by atoms with Gasteiger partial charge in [-0.15, -0.1) is 10.2 Å². The van der Waals surface area contributed by atoms with Gasteiger partial charge in [-0.2, -0.15) is 0 Å². The number of carboxylic acid groups (broad SMARTS) is 2. The first-order valence-corrected chi connectivity index (χ1v) is 11.3. The van der Waals surface area contributed by atoms with Crippen LogP contribution in [0.3, 0.4) is 0 Å². The number of aromatic nitrogens is 4. The molecule has 0 unspecified atom stereocenters. The zero-order chi connectivity index (χ0) is 24.6. The molecule has 174 valence electrons. The van der Waals surface area contributed by atoms with Crippen molar-refractivity contribution < 1.29 is 158 Å². The molecule has 0 radical (unpaired) electrons. The fourth-order valence-corrected chi connectivity index (χ4v) is 3.65. The summed E-state index contributed by atoms with van der Waals surface area (Å²) in [7, 11) is 0. The van der Waals surface area contributed by atoms with E-state index < -0.39 is 6.16 Å². The third-order valence-corrected chi connectivity index (χ3v) is 5.44. The maximum absolute atomic E-state index is 8.33. The van der Waals surface area contributed by atoms with Crippen molar-refractivity contribution in [2.45, 2.75) is 0 Å². The number of carbonyl (C=O) groups is 1. The molecule has 1 N–H and O–H groups in total. The number of hydrogen-bond acceptors (Lipinski definition) is 9. The van der Waals surface area contributed by atoms with Gasteiger partial charge in [0, 0.05) is 28.2 Å². The van der Waals surface area contributed by atoms with Gasteiger partial charge in [0.15, 0.2) is 5.82 Å². The summed E-state index contributed by atoms with van der Waals surface area (Å²) in [4.78, 5) is 16.5. The Bertz CT molecular complexity index is 1460. The van der Waals surface area contributed by atoms with Gasteiger partial charge in [0.1, 0.15) is 17.8 Å². The van der Waals surface area contributed by atoms with Crippen LogP contribution in [0.1, 0.15) is 0 Å². The number of rotatable bonds is 5. The first-order chi connectivity index (χ1) is 17.0. The minimum absolute atomic E-state index is 0. The third kappa shape index (κ3) is 9.73. The van der Waals surface area contributed by atoms with E-state index >= 15 is 0 Å². The number of carbonyl (C=O) groups excluding carboxylic acids is 1. The fraction of sp³-hybridized carbons (Fsp3) is 0. The normalized spacial score (nSPS) is 9.65. The Balaban J connectivity index is 0.000000750. The topological polar surface area (TPSA) is 136 Å². The monoisotopic (exact) mass is 843 g/mol. The number of anilines is 2. The van der Waals surface area contributed by atoms with Crippen molar-refractivity contribution in [3.8, 4) is 22.9 Å². The summed E-state index contributed by atoms with van der Waals surface area (Å²) < 4.78 is 6.68. The molecule has 9 nitrogen and oxygen atoms in total. The standard InChI is InChI=1S/C24H16IN5O.CH2O3.2Cs/c25-21-14-26-15-27-24(21)31-18-12-10-17(11-13-18)28-23-20-9-5-4-8-19(20)22(29-30-23)16-6-2-1-3-7-16;2-1(3)4;;/h1-15H,(H,28,30);(H2,2,3,4);;/q;;2*+1/p-2. The van der Waals surface area contributed by atoms with E-state index in [4.69, 9.17) is 19.7 Å². The van der Waals surface area contributed by atoms with E-state index in [2.05, 4.69) is 54.1 Å². The number of halogens is 1. The smallest absolute Gasteiger partial charge is 0.652 e. The Hall–Kier alpha value is -0.216. The molecule has 2 aromatic heterocycles. The van der Waals surface area contributed by atoms with Gasteiger partial charge < -0.3 is 25.1 Å². The van der Waals surface area contributed by atoms with Crippen LogP contribution in [0.5, 0.6) is 11.6 Å². The predicted molar refractivity (Wildman–Crippen MR) is 135 cm³/mol. The van der Waals surface area contributed by atoms with E-state index in [1.807, 2.05) is 72.8 Å². The first-order valence-electron chi connectivity index (χ1n) is 10.2. The third-order valence-electron chi connectivity index (χ3n) is 4.70. The van der Waals surface area contributed by atoms with E-state index in [0.29, 0.717) is 17.4 Å². The summed E-state index contributed by atoms with van der Waals surface area (Å²) in [5.74, 6) is 1.93. The summed E-state index contributed by atoms with van der Waals surface area (Å²) in [5.41, 5.74) is 2.79. The van der Waals surface area contributed by atoms with Crippen LogP contribution < -0.4 is 158 Å². The molecule has 0 atom stereocenters. The van der Waals surface area contributed by atoms with Crippen molar-refractivity contribution in [3.63, 3.8) is 0 Å². The molecule has 0 saturated carbocycles. The predicted octanol–water partition coefficient (Wildman–Crippen LogP) is -2.21. The van der Waals surface area contributed by atoms with Gasteiger partial charge in [-0.1, -0.05) is 54.6 Å².